The van der Waals surface area contributed by atoms with Crippen LogP contribution in [0.25, 0.3) is 0 Å². The summed E-state index contributed by atoms with van der Waals surface area (Å²) in [7, 11) is 1.63. The van der Waals surface area contributed by atoms with E-state index in [2.05, 4.69) is 5.32 Å². The molecule has 1 N–H and O–H groups in total. The van der Waals surface area contributed by atoms with Crippen molar-refractivity contribution in [1.29, 1.82) is 0 Å². The van der Waals surface area contributed by atoms with Crippen molar-refractivity contribution in [2.24, 2.45) is 0 Å². The van der Waals surface area contributed by atoms with Crippen LogP contribution in [0, 0.1) is 6.92 Å². The number of allylic oxidation sites excluding steroid dienone is 1. The van der Waals surface area contributed by atoms with E-state index in [1.54, 1.807) is 25.4 Å². The van der Waals surface area contributed by atoms with Gasteiger partial charge in [0.1, 0.15) is 5.75 Å². The third-order valence-corrected chi connectivity index (χ3v) is 2.83. The normalized spacial score (nSPS) is 10.5. The largest absolute Gasteiger partial charge is 0.497 e. The number of methoxy groups -OCH3 is 1. The van der Waals surface area contributed by atoms with E-state index in [9.17, 15) is 4.79 Å². The van der Waals surface area contributed by atoms with Crippen LogP contribution < -0.4 is 10.1 Å². The third-order valence-electron chi connectivity index (χ3n) is 2.83. The second kappa shape index (κ2) is 6.57. The number of anilines is 1. The Morgan fingerprint density at radius 2 is 1.90 bits per heavy atom. The van der Waals surface area contributed by atoms with Gasteiger partial charge in [-0.25, -0.2) is 0 Å². The molecule has 0 heterocycles. The van der Waals surface area contributed by atoms with Crippen molar-refractivity contribution >= 4 is 11.5 Å². The Morgan fingerprint density at radius 1 is 1.15 bits per heavy atom. The van der Waals surface area contributed by atoms with Gasteiger partial charge >= 0.3 is 0 Å². The molecule has 0 aromatic heterocycles. The van der Waals surface area contributed by atoms with Gasteiger partial charge in [0, 0.05) is 29.6 Å². The van der Waals surface area contributed by atoms with Gasteiger partial charge in [-0.1, -0.05) is 30.3 Å². The van der Waals surface area contributed by atoms with Crippen molar-refractivity contribution in [3.63, 3.8) is 0 Å². The standard InChI is InChI=1S/C17H17NO2/c1-13-10-15(12-16(11-13)20-2)18-9-8-17(19)14-6-4-3-5-7-14/h3-12,18H,1-2H3/b9-8-. The number of nitrogens with one attached hydrogen (secondary N) is 1. The van der Waals surface area contributed by atoms with E-state index in [0.717, 1.165) is 17.0 Å². The molecule has 0 radical (unpaired) electrons. The fraction of sp³-hybridized carbons (Fsp3) is 0.118. The molecule has 0 atom stereocenters. The summed E-state index contributed by atoms with van der Waals surface area (Å²) in [5.74, 6) is 0.757. The molecule has 2 aromatic rings. The minimum atomic E-state index is -0.0299. The summed E-state index contributed by atoms with van der Waals surface area (Å²) < 4.78 is 5.20. The number of carbonyl (C=O) groups is 1. The molecule has 0 saturated carbocycles. The van der Waals surface area contributed by atoms with Crippen molar-refractivity contribution in [3.8, 4) is 5.75 Å². The average Bonchev–Trinajstić information content (AvgIpc) is 2.47. The van der Waals surface area contributed by atoms with E-state index in [-0.39, 0.29) is 5.78 Å². The molecular weight excluding hydrogens is 250 g/mol. The lowest BCUT2D eigenvalue weighted by Gasteiger charge is -2.06. The van der Waals surface area contributed by atoms with Gasteiger partial charge in [-0.05, 0) is 24.6 Å². The Labute approximate surface area is 118 Å². The minimum absolute atomic E-state index is 0.0299. The molecule has 2 rings (SSSR count). The van der Waals surface area contributed by atoms with E-state index in [1.807, 2.05) is 43.3 Å². The molecule has 0 amide bonds. The van der Waals surface area contributed by atoms with Crippen LogP contribution in [-0.2, 0) is 0 Å². The van der Waals surface area contributed by atoms with Crippen LogP contribution in [0.4, 0.5) is 5.69 Å². The van der Waals surface area contributed by atoms with E-state index in [4.69, 9.17) is 4.74 Å². The smallest absolute Gasteiger partial charge is 0.187 e. The summed E-state index contributed by atoms with van der Waals surface area (Å²) in [5.41, 5.74) is 2.65. The van der Waals surface area contributed by atoms with Gasteiger partial charge in [-0.15, -0.1) is 0 Å². The van der Waals surface area contributed by atoms with Crippen LogP contribution in [-0.4, -0.2) is 12.9 Å². The van der Waals surface area contributed by atoms with Crippen molar-refractivity contribution in [1.82, 2.24) is 0 Å². The number of carbonyl (C=O) groups excluding carboxylic acids is 1. The first-order valence-corrected chi connectivity index (χ1v) is 6.37. The summed E-state index contributed by atoms with van der Waals surface area (Å²) in [6.45, 7) is 1.99. The summed E-state index contributed by atoms with van der Waals surface area (Å²) >= 11 is 0. The Morgan fingerprint density at radius 3 is 2.60 bits per heavy atom. The predicted molar refractivity (Wildman–Crippen MR) is 81.3 cm³/mol. The van der Waals surface area contributed by atoms with E-state index >= 15 is 0 Å². The molecule has 0 aliphatic rings. The first-order chi connectivity index (χ1) is 9.69. The number of rotatable bonds is 5. The first-order valence-electron chi connectivity index (χ1n) is 6.37. The maximum Gasteiger partial charge on any atom is 0.187 e. The summed E-state index contributed by atoms with van der Waals surface area (Å²) in [6, 6.07) is 15.0. The van der Waals surface area contributed by atoms with Gasteiger partial charge in [0.05, 0.1) is 7.11 Å². The average molecular weight is 267 g/mol. The van der Waals surface area contributed by atoms with Crippen LogP contribution in [0.3, 0.4) is 0 Å². The van der Waals surface area contributed by atoms with Crippen molar-refractivity contribution in [3.05, 3.63) is 71.9 Å². The zero-order valence-electron chi connectivity index (χ0n) is 11.6. The molecule has 102 valence electrons. The van der Waals surface area contributed by atoms with Gasteiger partial charge in [0.15, 0.2) is 5.78 Å². The molecule has 0 unspecified atom stereocenters. The lowest BCUT2D eigenvalue weighted by molar-refractivity contribution is 0.104. The highest BCUT2D eigenvalue weighted by Crippen LogP contribution is 2.20. The van der Waals surface area contributed by atoms with Gasteiger partial charge in [0.2, 0.25) is 0 Å². The molecule has 0 aliphatic carbocycles. The highest BCUT2D eigenvalue weighted by Gasteiger charge is 2.00. The maximum absolute atomic E-state index is 11.9. The summed E-state index contributed by atoms with van der Waals surface area (Å²) in [6.07, 6.45) is 3.16. The molecule has 0 bridgehead atoms. The fourth-order valence-corrected chi connectivity index (χ4v) is 1.86. The zero-order valence-corrected chi connectivity index (χ0v) is 11.6. The number of ether oxygens (including phenoxy) is 1. The number of benzene rings is 2. The second-order valence-electron chi connectivity index (χ2n) is 4.45. The molecule has 0 spiro atoms. The molecule has 3 nitrogen and oxygen atoms in total. The molecule has 3 heteroatoms. The van der Waals surface area contributed by atoms with Crippen molar-refractivity contribution < 1.29 is 9.53 Å². The number of ketones is 1. The fourth-order valence-electron chi connectivity index (χ4n) is 1.86. The molecule has 20 heavy (non-hydrogen) atoms. The van der Waals surface area contributed by atoms with Crippen LogP contribution in [0.1, 0.15) is 15.9 Å². The van der Waals surface area contributed by atoms with E-state index in [0.29, 0.717) is 5.56 Å². The van der Waals surface area contributed by atoms with Gasteiger partial charge in [-0.3, -0.25) is 4.79 Å². The highest BCUT2D eigenvalue weighted by atomic mass is 16.5. The van der Waals surface area contributed by atoms with Crippen LogP contribution in [0.15, 0.2) is 60.8 Å². The molecule has 2 aromatic carbocycles. The molecule has 0 aliphatic heterocycles. The minimum Gasteiger partial charge on any atom is -0.497 e. The number of hydrogen-bond donors (Lipinski definition) is 1. The number of hydrogen-bond acceptors (Lipinski definition) is 3. The van der Waals surface area contributed by atoms with Gasteiger partial charge in [-0.2, -0.15) is 0 Å². The third kappa shape index (κ3) is 3.72. The predicted octanol–water partition coefficient (Wildman–Crippen LogP) is 3.81. The monoisotopic (exact) mass is 267 g/mol. The highest BCUT2D eigenvalue weighted by molar-refractivity contribution is 6.04. The zero-order chi connectivity index (χ0) is 14.4. The van der Waals surface area contributed by atoms with Crippen LogP contribution in [0.2, 0.25) is 0 Å². The van der Waals surface area contributed by atoms with Crippen molar-refractivity contribution in [2.75, 3.05) is 12.4 Å². The van der Waals surface area contributed by atoms with Gasteiger partial charge < -0.3 is 10.1 Å². The Balaban J connectivity index is 2.03. The molecule has 0 fully saturated rings. The van der Waals surface area contributed by atoms with Crippen molar-refractivity contribution in [2.45, 2.75) is 6.92 Å². The molecule has 0 saturated heterocycles. The van der Waals surface area contributed by atoms with E-state index < -0.39 is 0 Å². The van der Waals surface area contributed by atoms with E-state index in [1.165, 1.54) is 6.08 Å². The Kier molecular flexibility index (Phi) is 4.56. The topological polar surface area (TPSA) is 38.3 Å². The lowest BCUT2D eigenvalue weighted by atomic mass is 10.1. The quantitative estimate of drug-likeness (QED) is 0.661. The SMILES string of the molecule is COc1cc(C)cc(N/C=C\C(=O)c2ccccc2)c1. The Bertz CT molecular complexity index is 618. The van der Waals surface area contributed by atoms with Crippen LogP contribution >= 0.6 is 0 Å². The number of aryl methyl sites for hydroxylation is 1. The first kappa shape index (κ1) is 13.9. The van der Waals surface area contributed by atoms with Crippen LogP contribution in [0.5, 0.6) is 5.75 Å². The second-order valence-corrected chi connectivity index (χ2v) is 4.45. The summed E-state index contributed by atoms with van der Waals surface area (Å²) in [5, 5.41) is 3.08. The lowest BCUT2D eigenvalue weighted by Crippen LogP contribution is -1.96. The molecular formula is C17H17NO2. The summed E-state index contributed by atoms with van der Waals surface area (Å²) in [4.78, 5) is 11.9. The van der Waals surface area contributed by atoms with Gasteiger partial charge in [0.25, 0.3) is 0 Å². The maximum atomic E-state index is 11.9. The Hall–Kier alpha value is -2.55.